The molecule has 30 heavy (non-hydrogen) atoms. The number of carbonyl (C=O) groups excluding carboxylic acids is 1. The van der Waals surface area contributed by atoms with Gasteiger partial charge in [-0.05, 0) is 31.7 Å². The van der Waals surface area contributed by atoms with E-state index in [0.29, 0.717) is 18.7 Å². The van der Waals surface area contributed by atoms with E-state index in [1.54, 1.807) is 11.6 Å². The van der Waals surface area contributed by atoms with Gasteiger partial charge in [0.05, 0.1) is 11.1 Å². The summed E-state index contributed by atoms with van der Waals surface area (Å²) in [7, 11) is 1.74. The highest BCUT2D eigenvalue weighted by Crippen LogP contribution is 2.29. The zero-order valence-electron chi connectivity index (χ0n) is 17.4. The SMILES string of the molecule is Cn1c(=O)cc(C(=O)N2CCCC(c3nnc4n3CCCCC4)C2)c2ccccc21. The Kier molecular flexibility index (Phi) is 4.89. The molecule has 1 saturated heterocycles. The van der Waals surface area contributed by atoms with Crippen molar-refractivity contribution in [1.82, 2.24) is 24.2 Å². The molecule has 1 atom stereocenters. The molecule has 0 bridgehead atoms. The summed E-state index contributed by atoms with van der Waals surface area (Å²) in [4.78, 5) is 27.8. The molecule has 0 N–H and O–H groups in total. The summed E-state index contributed by atoms with van der Waals surface area (Å²) in [5.41, 5.74) is 1.12. The van der Waals surface area contributed by atoms with E-state index in [0.717, 1.165) is 54.8 Å². The molecule has 2 aliphatic rings. The molecular formula is C23H27N5O2. The Morgan fingerprint density at radius 3 is 2.83 bits per heavy atom. The number of pyridine rings is 1. The number of benzene rings is 1. The van der Waals surface area contributed by atoms with Crippen molar-refractivity contribution >= 4 is 16.8 Å². The van der Waals surface area contributed by atoms with Crippen LogP contribution < -0.4 is 5.56 Å². The molecule has 5 rings (SSSR count). The Bertz CT molecular complexity index is 1160. The highest BCUT2D eigenvalue weighted by Gasteiger charge is 2.30. The van der Waals surface area contributed by atoms with Crippen molar-refractivity contribution < 1.29 is 4.79 Å². The van der Waals surface area contributed by atoms with Crippen molar-refractivity contribution in [3.05, 3.63) is 57.9 Å². The van der Waals surface area contributed by atoms with E-state index in [4.69, 9.17) is 0 Å². The molecular weight excluding hydrogens is 378 g/mol. The Morgan fingerprint density at radius 2 is 1.93 bits per heavy atom. The van der Waals surface area contributed by atoms with Gasteiger partial charge >= 0.3 is 0 Å². The van der Waals surface area contributed by atoms with Gasteiger partial charge in [0.1, 0.15) is 11.6 Å². The monoisotopic (exact) mass is 405 g/mol. The zero-order chi connectivity index (χ0) is 20.7. The fourth-order valence-electron chi connectivity index (χ4n) is 4.94. The summed E-state index contributed by atoms with van der Waals surface area (Å²) in [5, 5.41) is 9.80. The number of carbonyl (C=O) groups is 1. The summed E-state index contributed by atoms with van der Waals surface area (Å²) < 4.78 is 3.88. The lowest BCUT2D eigenvalue weighted by molar-refractivity contribution is 0.0705. The minimum Gasteiger partial charge on any atom is -0.338 e. The molecule has 0 aliphatic carbocycles. The van der Waals surface area contributed by atoms with Gasteiger partial charge in [0.25, 0.3) is 11.5 Å². The fourth-order valence-corrected chi connectivity index (χ4v) is 4.94. The van der Waals surface area contributed by atoms with Crippen LogP contribution >= 0.6 is 0 Å². The molecule has 7 nitrogen and oxygen atoms in total. The summed E-state index contributed by atoms with van der Waals surface area (Å²) in [6.45, 7) is 2.31. The normalized spacial score (nSPS) is 19.5. The van der Waals surface area contributed by atoms with Crippen molar-refractivity contribution in [2.24, 2.45) is 7.05 Å². The largest absolute Gasteiger partial charge is 0.338 e. The van der Waals surface area contributed by atoms with Crippen LogP contribution in [0.4, 0.5) is 0 Å². The third kappa shape index (κ3) is 3.22. The van der Waals surface area contributed by atoms with Crippen LogP contribution in [0, 0.1) is 0 Å². The predicted molar refractivity (Wildman–Crippen MR) is 115 cm³/mol. The molecule has 0 radical (unpaired) electrons. The van der Waals surface area contributed by atoms with E-state index >= 15 is 0 Å². The van der Waals surface area contributed by atoms with Gasteiger partial charge in [-0.25, -0.2) is 0 Å². The first-order valence-electron chi connectivity index (χ1n) is 10.9. The lowest BCUT2D eigenvalue weighted by Crippen LogP contribution is -2.40. The van der Waals surface area contributed by atoms with Gasteiger partial charge in [0.2, 0.25) is 0 Å². The Hall–Kier alpha value is -2.96. The number of likely N-dealkylation sites (tertiary alicyclic amines) is 1. The van der Waals surface area contributed by atoms with Crippen molar-refractivity contribution in [3.8, 4) is 0 Å². The first-order chi connectivity index (χ1) is 14.6. The Morgan fingerprint density at radius 1 is 1.07 bits per heavy atom. The number of amides is 1. The fraction of sp³-hybridized carbons (Fsp3) is 0.478. The third-order valence-electron chi connectivity index (χ3n) is 6.60. The summed E-state index contributed by atoms with van der Waals surface area (Å²) in [6.07, 6.45) is 6.49. The van der Waals surface area contributed by atoms with E-state index in [1.807, 2.05) is 29.2 Å². The van der Waals surface area contributed by atoms with Gasteiger partial charge in [-0.1, -0.05) is 24.6 Å². The van der Waals surface area contributed by atoms with E-state index in [9.17, 15) is 9.59 Å². The second-order valence-electron chi connectivity index (χ2n) is 8.50. The topological polar surface area (TPSA) is 73.0 Å². The molecule has 1 amide bonds. The number of fused-ring (bicyclic) bond motifs is 2. The van der Waals surface area contributed by atoms with Gasteiger partial charge in [0.15, 0.2) is 0 Å². The first kappa shape index (κ1) is 19.0. The minimum absolute atomic E-state index is 0.0656. The maximum Gasteiger partial charge on any atom is 0.254 e. The first-order valence-corrected chi connectivity index (χ1v) is 10.9. The standard InChI is InChI=1S/C23H27N5O2/c1-26-19-10-5-4-9-17(19)18(14-21(26)29)23(30)27-12-7-8-16(15-27)22-25-24-20-11-3-2-6-13-28(20)22/h4-5,9-10,14,16H,2-3,6-8,11-13,15H2,1H3. The second kappa shape index (κ2) is 7.70. The van der Waals surface area contributed by atoms with Crippen LogP contribution in [0.25, 0.3) is 10.9 Å². The number of piperidine rings is 1. The van der Waals surface area contributed by atoms with Crippen molar-refractivity contribution in [2.75, 3.05) is 13.1 Å². The van der Waals surface area contributed by atoms with Crippen LogP contribution in [0.1, 0.15) is 60.0 Å². The van der Waals surface area contributed by atoms with Gasteiger partial charge in [-0.15, -0.1) is 10.2 Å². The predicted octanol–water partition coefficient (Wildman–Crippen LogP) is 2.88. The number of hydrogen-bond donors (Lipinski definition) is 0. The van der Waals surface area contributed by atoms with Crippen molar-refractivity contribution in [3.63, 3.8) is 0 Å². The molecule has 0 spiro atoms. The number of nitrogens with zero attached hydrogens (tertiary/aromatic N) is 5. The Balaban J connectivity index is 1.46. The highest BCUT2D eigenvalue weighted by atomic mass is 16.2. The van der Waals surface area contributed by atoms with E-state index in [2.05, 4.69) is 14.8 Å². The lowest BCUT2D eigenvalue weighted by Gasteiger charge is -2.33. The average molecular weight is 406 g/mol. The summed E-state index contributed by atoms with van der Waals surface area (Å²) in [5.74, 6) is 2.24. The molecule has 1 aromatic carbocycles. The van der Waals surface area contributed by atoms with Crippen LogP contribution in [0.5, 0.6) is 0 Å². The van der Waals surface area contributed by atoms with Crippen LogP contribution in [0.15, 0.2) is 35.1 Å². The number of hydrogen-bond acceptors (Lipinski definition) is 4. The Labute approximate surface area is 175 Å². The molecule has 3 aromatic rings. The molecule has 0 saturated carbocycles. The zero-order valence-corrected chi connectivity index (χ0v) is 17.4. The molecule has 2 aliphatic heterocycles. The molecule has 156 valence electrons. The quantitative estimate of drug-likeness (QED) is 0.657. The van der Waals surface area contributed by atoms with Crippen LogP contribution in [-0.2, 0) is 20.0 Å². The van der Waals surface area contributed by atoms with E-state index in [-0.39, 0.29) is 17.4 Å². The lowest BCUT2D eigenvalue weighted by atomic mass is 9.96. The molecule has 1 unspecified atom stereocenters. The van der Waals surface area contributed by atoms with Crippen LogP contribution in [0.3, 0.4) is 0 Å². The summed E-state index contributed by atoms with van der Waals surface area (Å²) in [6, 6.07) is 9.09. The van der Waals surface area contributed by atoms with Gasteiger partial charge in [-0.2, -0.15) is 0 Å². The smallest absolute Gasteiger partial charge is 0.254 e. The molecule has 1 fully saturated rings. The number of aryl methyl sites for hydroxylation is 2. The van der Waals surface area contributed by atoms with Gasteiger partial charge in [0, 0.05) is 50.5 Å². The average Bonchev–Trinajstić information content (AvgIpc) is 3.04. The minimum atomic E-state index is -0.159. The molecule has 7 heteroatoms. The molecule has 2 aromatic heterocycles. The van der Waals surface area contributed by atoms with E-state index in [1.165, 1.54) is 18.9 Å². The molecule has 4 heterocycles. The number of rotatable bonds is 2. The number of para-hydroxylation sites is 1. The summed E-state index contributed by atoms with van der Waals surface area (Å²) >= 11 is 0. The number of aromatic nitrogens is 4. The van der Waals surface area contributed by atoms with Crippen LogP contribution in [-0.4, -0.2) is 43.2 Å². The van der Waals surface area contributed by atoms with Crippen LogP contribution in [0.2, 0.25) is 0 Å². The van der Waals surface area contributed by atoms with Gasteiger partial charge in [-0.3, -0.25) is 9.59 Å². The van der Waals surface area contributed by atoms with Crippen molar-refractivity contribution in [2.45, 2.75) is 51.0 Å². The second-order valence-corrected chi connectivity index (χ2v) is 8.50. The van der Waals surface area contributed by atoms with Crippen molar-refractivity contribution in [1.29, 1.82) is 0 Å². The van der Waals surface area contributed by atoms with Gasteiger partial charge < -0.3 is 14.0 Å². The maximum atomic E-state index is 13.5. The maximum absolute atomic E-state index is 13.5. The third-order valence-corrected chi connectivity index (χ3v) is 6.60. The van der Waals surface area contributed by atoms with E-state index < -0.39 is 0 Å². The highest BCUT2D eigenvalue weighted by molar-refractivity contribution is 6.06.